The van der Waals surface area contributed by atoms with Gasteiger partial charge in [0.25, 0.3) is 0 Å². The second-order valence-corrected chi connectivity index (χ2v) is 6.45. The van der Waals surface area contributed by atoms with E-state index in [4.69, 9.17) is 14.2 Å². The lowest BCUT2D eigenvalue weighted by Crippen LogP contribution is -2.27. The highest BCUT2D eigenvalue weighted by Crippen LogP contribution is 2.47. The van der Waals surface area contributed by atoms with Gasteiger partial charge in [0.1, 0.15) is 17.1 Å². The zero-order valence-corrected chi connectivity index (χ0v) is 13.1. The van der Waals surface area contributed by atoms with E-state index >= 15 is 0 Å². The van der Waals surface area contributed by atoms with Crippen molar-refractivity contribution in [1.29, 1.82) is 0 Å². The topological polar surface area (TPSA) is 27.7 Å². The van der Waals surface area contributed by atoms with Crippen molar-refractivity contribution in [2.45, 2.75) is 65.8 Å². The summed E-state index contributed by atoms with van der Waals surface area (Å²) in [6.07, 6.45) is 2.77. The summed E-state index contributed by atoms with van der Waals surface area (Å²) >= 11 is 0. The summed E-state index contributed by atoms with van der Waals surface area (Å²) in [5.41, 5.74) is 4.98. The fraction of sp³-hybridized carbons (Fsp3) is 0.647. The van der Waals surface area contributed by atoms with Gasteiger partial charge in [-0.3, -0.25) is 0 Å². The van der Waals surface area contributed by atoms with Crippen molar-refractivity contribution in [3.63, 3.8) is 0 Å². The number of fused-ring (bicyclic) bond motifs is 2. The van der Waals surface area contributed by atoms with Crippen LogP contribution in [0.25, 0.3) is 0 Å². The Morgan fingerprint density at radius 1 is 1.15 bits per heavy atom. The molecule has 2 aliphatic rings. The molecule has 1 unspecified atom stereocenters. The molecule has 0 radical (unpaired) electrons. The zero-order valence-electron chi connectivity index (χ0n) is 13.1. The van der Waals surface area contributed by atoms with Crippen molar-refractivity contribution in [2.75, 3.05) is 6.61 Å². The third kappa shape index (κ3) is 2.08. The second-order valence-electron chi connectivity index (χ2n) is 6.45. The smallest absolute Gasteiger partial charge is 0.200 e. The van der Waals surface area contributed by atoms with Gasteiger partial charge in [-0.05, 0) is 52.2 Å². The highest BCUT2D eigenvalue weighted by atomic mass is 16.7. The van der Waals surface area contributed by atoms with Crippen LogP contribution in [0.15, 0.2) is 0 Å². The van der Waals surface area contributed by atoms with Crippen LogP contribution >= 0.6 is 0 Å². The third-order valence-corrected chi connectivity index (χ3v) is 4.35. The van der Waals surface area contributed by atoms with E-state index in [0.29, 0.717) is 6.61 Å². The minimum absolute atomic E-state index is 0.0982. The Labute approximate surface area is 121 Å². The van der Waals surface area contributed by atoms with Gasteiger partial charge in [0.05, 0.1) is 0 Å². The normalized spacial score (nSPS) is 22.8. The maximum absolute atomic E-state index is 6.16. The van der Waals surface area contributed by atoms with Crippen LogP contribution in [0, 0.1) is 13.8 Å². The Balaban J connectivity index is 2.05. The zero-order chi connectivity index (χ0) is 14.5. The van der Waals surface area contributed by atoms with Crippen molar-refractivity contribution in [3.8, 4) is 11.5 Å². The highest BCUT2D eigenvalue weighted by Gasteiger charge is 2.36. The largest absolute Gasteiger partial charge is 0.487 e. The summed E-state index contributed by atoms with van der Waals surface area (Å²) in [6.45, 7) is 11.3. The Bertz CT molecular complexity index is 546. The van der Waals surface area contributed by atoms with Gasteiger partial charge in [0, 0.05) is 30.6 Å². The Morgan fingerprint density at radius 2 is 1.85 bits per heavy atom. The maximum atomic E-state index is 6.16. The molecule has 0 amide bonds. The summed E-state index contributed by atoms with van der Waals surface area (Å²) in [5, 5.41) is 0. The minimum Gasteiger partial charge on any atom is -0.487 e. The van der Waals surface area contributed by atoms with E-state index < -0.39 is 0 Å². The van der Waals surface area contributed by atoms with Gasteiger partial charge in [0.2, 0.25) is 0 Å². The monoisotopic (exact) mass is 276 g/mol. The van der Waals surface area contributed by atoms with Crippen molar-refractivity contribution in [2.24, 2.45) is 0 Å². The van der Waals surface area contributed by atoms with Crippen LogP contribution in [0.5, 0.6) is 11.5 Å². The standard InChI is InChI=1S/C17H24O3/c1-6-18-14-8-7-12-10(2)16-13(9-17(4,5)20-16)11(3)15(12)19-14/h14H,6-9H2,1-5H3. The molecule has 3 heteroatoms. The lowest BCUT2D eigenvalue weighted by atomic mass is 9.90. The number of benzene rings is 1. The summed E-state index contributed by atoms with van der Waals surface area (Å²) in [5.74, 6) is 2.12. The van der Waals surface area contributed by atoms with Crippen LogP contribution in [0.2, 0.25) is 0 Å². The Hall–Kier alpha value is -1.22. The molecule has 110 valence electrons. The second kappa shape index (κ2) is 4.66. The minimum atomic E-state index is -0.110. The molecule has 2 heterocycles. The predicted octanol–water partition coefficient (Wildman–Crippen LogP) is 3.70. The Morgan fingerprint density at radius 3 is 2.55 bits per heavy atom. The van der Waals surface area contributed by atoms with Gasteiger partial charge in [0.15, 0.2) is 6.29 Å². The molecule has 3 rings (SSSR count). The number of ether oxygens (including phenoxy) is 3. The summed E-state index contributed by atoms with van der Waals surface area (Å²) in [6, 6.07) is 0. The fourth-order valence-corrected chi connectivity index (χ4v) is 3.37. The molecule has 0 N–H and O–H groups in total. The SMILES string of the molecule is CCOC1CCc2c(C)c3c(c(C)c2O1)CC(C)(C)O3. The molecule has 3 nitrogen and oxygen atoms in total. The molecule has 0 aromatic heterocycles. The first-order valence-electron chi connectivity index (χ1n) is 7.55. The highest BCUT2D eigenvalue weighted by molar-refractivity contribution is 5.61. The van der Waals surface area contributed by atoms with Crippen LogP contribution in [0.1, 0.15) is 49.4 Å². The fourth-order valence-electron chi connectivity index (χ4n) is 3.37. The van der Waals surface area contributed by atoms with Gasteiger partial charge in [-0.1, -0.05) is 0 Å². The molecular weight excluding hydrogens is 252 g/mol. The summed E-state index contributed by atoms with van der Waals surface area (Å²) in [4.78, 5) is 0. The molecular formula is C17H24O3. The molecule has 0 spiro atoms. The van der Waals surface area contributed by atoms with Crippen molar-refractivity contribution < 1.29 is 14.2 Å². The van der Waals surface area contributed by atoms with Crippen LogP contribution < -0.4 is 9.47 Å². The van der Waals surface area contributed by atoms with Crippen molar-refractivity contribution >= 4 is 0 Å². The third-order valence-electron chi connectivity index (χ3n) is 4.35. The first-order chi connectivity index (χ1) is 9.43. The average molecular weight is 276 g/mol. The van der Waals surface area contributed by atoms with Crippen LogP contribution in [0.3, 0.4) is 0 Å². The van der Waals surface area contributed by atoms with Gasteiger partial charge in [-0.2, -0.15) is 0 Å². The molecule has 1 aromatic carbocycles. The van der Waals surface area contributed by atoms with E-state index in [1.54, 1.807) is 0 Å². The molecule has 1 aromatic rings. The molecule has 0 fully saturated rings. The molecule has 0 saturated carbocycles. The number of rotatable bonds is 2. The van der Waals surface area contributed by atoms with Crippen molar-refractivity contribution in [1.82, 2.24) is 0 Å². The van der Waals surface area contributed by atoms with Gasteiger partial charge in [-0.15, -0.1) is 0 Å². The average Bonchev–Trinajstić information content (AvgIpc) is 2.73. The van der Waals surface area contributed by atoms with Crippen LogP contribution in [-0.4, -0.2) is 18.5 Å². The molecule has 0 saturated heterocycles. The van der Waals surface area contributed by atoms with Crippen LogP contribution in [0.4, 0.5) is 0 Å². The predicted molar refractivity (Wildman–Crippen MR) is 78.7 cm³/mol. The molecule has 20 heavy (non-hydrogen) atoms. The molecule has 2 aliphatic heterocycles. The number of hydrogen-bond donors (Lipinski definition) is 0. The van der Waals surface area contributed by atoms with Crippen LogP contribution in [-0.2, 0) is 17.6 Å². The van der Waals surface area contributed by atoms with E-state index in [2.05, 4.69) is 27.7 Å². The van der Waals surface area contributed by atoms with Gasteiger partial charge < -0.3 is 14.2 Å². The van der Waals surface area contributed by atoms with E-state index in [1.807, 2.05) is 6.92 Å². The summed E-state index contributed by atoms with van der Waals surface area (Å²) < 4.78 is 17.9. The lowest BCUT2D eigenvalue weighted by molar-refractivity contribution is -0.0866. The molecule has 0 aliphatic carbocycles. The maximum Gasteiger partial charge on any atom is 0.200 e. The quantitative estimate of drug-likeness (QED) is 0.824. The lowest BCUT2D eigenvalue weighted by Gasteiger charge is -2.29. The van der Waals surface area contributed by atoms with E-state index in [1.165, 1.54) is 22.3 Å². The van der Waals surface area contributed by atoms with E-state index in [-0.39, 0.29) is 11.9 Å². The van der Waals surface area contributed by atoms with Gasteiger partial charge in [-0.25, -0.2) is 0 Å². The van der Waals surface area contributed by atoms with E-state index in [9.17, 15) is 0 Å². The van der Waals surface area contributed by atoms with Gasteiger partial charge >= 0.3 is 0 Å². The number of hydrogen-bond acceptors (Lipinski definition) is 3. The first kappa shape index (κ1) is 13.7. The molecule has 0 bridgehead atoms. The van der Waals surface area contributed by atoms with Crippen molar-refractivity contribution in [3.05, 3.63) is 22.3 Å². The molecule has 1 atom stereocenters. The summed E-state index contributed by atoms with van der Waals surface area (Å²) in [7, 11) is 0. The van der Waals surface area contributed by atoms with E-state index in [0.717, 1.165) is 30.8 Å². The first-order valence-corrected chi connectivity index (χ1v) is 7.55. The Kier molecular flexibility index (Phi) is 3.20.